The zero-order chi connectivity index (χ0) is 14.7. The van der Waals surface area contributed by atoms with Crippen LogP contribution < -0.4 is 5.32 Å². The quantitative estimate of drug-likeness (QED) is 0.799. The molecule has 1 N–H and O–H groups in total. The van der Waals surface area contributed by atoms with E-state index in [-0.39, 0.29) is 11.9 Å². The summed E-state index contributed by atoms with van der Waals surface area (Å²) >= 11 is 0. The van der Waals surface area contributed by atoms with Crippen molar-refractivity contribution >= 4 is 5.69 Å². The SMILES string of the molecule is CC(Nc1ccc(-n2cnnn2)cc1)c1ccc(F)cc1. The van der Waals surface area contributed by atoms with Gasteiger partial charge in [-0.15, -0.1) is 5.10 Å². The predicted octanol–water partition coefficient (Wildman–Crippen LogP) is 2.97. The third kappa shape index (κ3) is 3.05. The van der Waals surface area contributed by atoms with E-state index in [4.69, 9.17) is 0 Å². The highest BCUT2D eigenvalue weighted by Crippen LogP contribution is 2.20. The summed E-state index contributed by atoms with van der Waals surface area (Å²) in [4.78, 5) is 0. The maximum absolute atomic E-state index is 12.9. The van der Waals surface area contributed by atoms with E-state index in [0.717, 1.165) is 16.9 Å². The normalized spacial score (nSPS) is 12.1. The molecule has 0 saturated carbocycles. The molecule has 3 aromatic rings. The van der Waals surface area contributed by atoms with E-state index in [1.54, 1.807) is 23.1 Å². The largest absolute Gasteiger partial charge is 0.379 e. The van der Waals surface area contributed by atoms with Gasteiger partial charge >= 0.3 is 0 Å². The van der Waals surface area contributed by atoms with Crippen LogP contribution in [0.15, 0.2) is 54.9 Å². The third-order valence-corrected chi connectivity index (χ3v) is 3.23. The molecule has 0 aliphatic carbocycles. The molecule has 0 spiro atoms. The first-order chi connectivity index (χ1) is 10.2. The lowest BCUT2D eigenvalue weighted by atomic mass is 10.1. The van der Waals surface area contributed by atoms with Crippen molar-refractivity contribution in [2.24, 2.45) is 0 Å². The number of nitrogens with one attached hydrogen (secondary N) is 1. The minimum atomic E-state index is -0.225. The predicted molar refractivity (Wildman–Crippen MR) is 77.6 cm³/mol. The molecule has 2 aromatic carbocycles. The summed E-state index contributed by atoms with van der Waals surface area (Å²) in [7, 11) is 0. The number of anilines is 1. The molecule has 0 saturated heterocycles. The van der Waals surface area contributed by atoms with Gasteiger partial charge in [0, 0.05) is 11.7 Å². The molecule has 0 amide bonds. The zero-order valence-corrected chi connectivity index (χ0v) is 11.4. The van der Waals surface area contributed by atoms with E-state index < -0.39 is 0 Å². The second-order valence-electron chi connectivity index (χ2n) is 4.72. The van der Waals surface area contributed by atoms with Gasteiger partial charge < -0.3 is 5.32 Å². The zero-order valence-electron chi connectivity index (χ0n) is 11.4. The van der Waals surface area contributed by atoms with Gasteiger partial charge in [-0.05, 0) is 59.3 Å². The summed E-state index contributed by atoms with van der Waals surface area (Å²) in [6, 6.07) is 14.3. The van der Waals surface area contributed by atoms with Gasteiger partial charge in [0.05, 0.1) is 5.69 Å². The van der Waals surface area contributed by atoms with Crippen molar-refractivity contribution in [3.8, 4) is 5.69 Å². The van der Waals surface area contributed by atoms with Crippen LogP contribution in [0.2, 0.25) is 0 Å². The first kappa shape index (κ1) is 13.2. The molecule has 0 bridgehead atoms. The standard InChI is InChI=1S/C15H14FN5/c1-11(12-2-4-13(16)5-3-12)18-14-6-8-15(9-7-14)21-10-17-19-20-21/h2-11,18H,1H3. The number of aromatic nitrogens is 4. The minimum Gasteiger partial charge on any atom is -0.379 e. The van der Waals surface area contributed by atoms with Crippen LogP contribution in [0.3, 0.4) is 0 Å². The van der Waals surface area contributed by atoms with Gasteiger partial charge in [-0.2, -0.15) is 0 Å². The molecule has 1 aromatic heterocycles. The number of hydrogen-bond donors (Lipinski definition) is 1. The van der Waals surface area contributed by atoms with Crippen LogP contribution in [-0.4, -0.2) is 20.2 Å². The van der Waals surface area contributed by atoms with E-state index in [9.17, 15) is 4.39 Å². The number of benzene rings is 2. The Kier molecular flexibility index (Phi) is 3.59. The molecule has 1 unspecified atom stereocenters. The van der Waals surface area contributed by atoms with Gasteiger partial charge in [-0.1, -0.05) is 12.1 Å². The number of nitrogens with zero attached hydrogens (tertiary/aromatic N) is 4. The summed E-state index contributed by atoms with van der Waals surface area (Å²) in [5.41, 5.74) is 2.89. The molecule has 0 radical (unpaired) electrons. The Bertz CT molecular complexity index is 692. The van der Waals surface area contributed by atoms with Crippen LogP contribution in [0.25, 0.3) is 5.69 Å². The lowest BCUT2D eigenvalue weighted by Crippen LogP contribution is -2.06. The number of tetrazole rings is 1. The number of hydrogen-bond acceptors (Lipinski definition) is 4. The first-order valence-corrected chi connectivity index (χ1v) is 6.58. The van der Waals surface area contributed by atoms with Crippen LogP contribution in [0.5, 0.6) is 0 Å². The molecule has 1 heterocycles. The fraction of sp³-hybridized carbons (Fsp3) is 0.133. The van der Waals surface area contributed by atoms with E-state index in [0.29, 0.717) is 0 Å². The summed E-state index contributed by atoms with van der Waals surface area (Å²) in [6.45, 7) is 2.03. The highest BCUT2D eigenvalue weighted by molar-refractivity contribution is 5.49. The first-order valence-electron chi connectivity index (χ1n) is 6.58. The van der Waals surface area contributed by atoms with E-state index in [2.05, 4.69) is 20.8 Å². The third-order valence-electron chi connectivity index (χ3n) is 3.23. The summed E-state index contributed by atoms with van der Waals surface area (Å²) < 4.78 is 14.5. The lowest BCUT2D eigenvalue weighted by molar-refractivity contribution is 0.626. The summed E-state index contributed by atoms with van der Waals surface area (Å²) in [6.07, 6.45) is 1.55. The molecule has 1 atom stereocenters. The molecule has 0 aliphatic rings. The second-order valence-corrected chi connectivity index (χ2v) is 4.72. The maximum atomic E-state index is 12.9. The van der Waals surface area contributed by atoms with Crippen molar-refractivity contribution < 1.29 is 4.39 Å². The van der Waals surface area contributed by atoms with Gasteiger partial charge in [0.2, 0.25) is 0 Å². The van der Waals surface area contributed by atoms with Crippen LogP contribution in [0.4, 0.5) is 10.1 Å². The van der Waals surface area contributed by atoms with Crippen LogP contribution in [0.1, 0.15) is 18.5 Å². The Balaban J connectivity index is 1.71. The Morgan fingerprint density at radius 3 is 2.38 bits per heavy atom. The van der Waals surface area contributed by atoms with Gasteiger partial charge in [-0.25, -0.2) is 9.07 Å². The Morgan fingerprint density at radius 2 is 1.76 bits per heavy atom. The second kappa shape index (κ2) is 5.70. The van der Waals surface area contributed by atoms with E-state index in [1.165, 1.54) is 12.1 Å². The average Bonchev–Trinajstić information content (AvgIpc) is 3.03. The van der Waals surface area contributed by atoms with Crippen molar-refractivity contribution in [2.45, 2.75) is 13.0 Å². The topological polar surface area (TPSA) is 55.6 Å². The van der Waals surface area contributed by atoms with Crippen molar-refractivity contribution in [2.75, 3.05) is 5.32 Å². The Hall–Kier alpha value is -2.76. The van der Waals surface area contributed by atoms with Crippen molar-refractivity contribution in [1.82, 2.24) is 20.2 Å². The molecule has 21 heavy (non-hydrogen) atoms. The number of halogens is 1. The Labute approximate surface area is 121 Å². The van der Waals surface area contributed by atoms with Crippen molar-refractivity contribution in [1.29, 1.82) is 0 Å². The van der Waals surface area contributed by atoms with Crippen molar-refractivity contribution in [3.63, 3.8) is 0 Å². The Morgan fingerprint density at radius 1 is 1.05 bits per heavy atom. The summed E-state index contributed by atoms with van der Waals surface area (Å²) in [5, 5.41) is 14.4. The smallest absolute Gasteiger partial charge is 0.143 e. The molecule has 0 fully saturated rings. The minimum absolute atomic E-state index is 0.0875. The molecule has 3 rings (SSSR count). The average molecular weight is 283 g/mol. The van der Waals surface area contributed by atoms with Crippen LogP contribution in [0, 0.1) is 5.82 Å². The van der Waals surface area contributed by atoms with Crippen molar-refractivity contribution in [3.05, 3.63) is 66.2 Å². The fourth-order valence-electron chi connectivity index (χ4n) is 2.07. The van der Waals surface area contributed by atoms with Gasteiger partial charge in [0.25, 0.3) is 0 Å². The highest BCUT2D eigenvalue weighted by Gasteiger charge is 2.06. The molecule has 106 valence electrons. The number of rotatable bonds is 4. The van der Waals surface area contributed by atoms with Crippen LogP contribution in [-0.2, 0) is 0 Å². The van der Waals surface area contributed by atoms with E-state index in [1.807, 2.05) is 31.2 Å². The van der Waals surface area contributed by atoms with E-state index >= 15 is 0 Å². The molecule has 6 heteroatoms. The van der Waals surface area contributed by atoms with Gasteiger partial charge in [0.1, 0.15) is 12.1 Å². The highest BCUT2D eigenvalue weighted by atomic mass is 19.1. The molecule has 0 aliphatic heterocycles. The maximum Gasteiger partial charge on any atom is 0.143 e. The molecule has 5 nitrogen and oxygen atoms in total. The van der Waals surface area contributed by atoms with Crippen LogP contribution >= 0.6 is 0 Å². The fourth-order valence-corrected chi connectivity index (χ4v) is 2.07. The molecular weight excluding hydrogens is 269 g/mol. The van der Waals surface area contributed by atoms with Gasteiger partial charge in [-0.3, -0.25) is 0 Å². The summed E-state index contributed by atoms with van der Waals surface area (Å²) in [5.74, 6) is -0.225. The monoisotopic (exact) mass is 283 g/mol. The molecular formula is C15H14FN5. The van der Waals surface area contributed by atoms with Gasteiger partial charge in [0.15, 0.2) is 0 Å². The lowest BCUT2D eigenvalue weighted by Gasteiger charge is -2.16.